The average Bonchev–Trinajstić information content (AvgIpc) is 2.36. The number of benzene rings is 1. The highest BCUT2D eigenvalue weighted by Crippen LogP contribution is 2.28. The highest BCUT2D eigenvalue weighted by molar-refractivity contribution is 9.10. The summed E-state index contributed by atoms with van der Waals surface area (Å²) in [6.45, 7) is 7.23. The molecule has 1 aromatic carbocycles. The van der Waals surface area contributed by atoms with E-state index in [1.165, 1.54) is 29.6 Å². The molecule has 0 bridgehead atoms. The van der Waals surface area contributed by atoms with Gasteiger partial charge in [0.25, 0.3) is 5.56 Å². The number of nitrogens with zero attached hydrogens (tertiary/aromatic N) is 1. The van der Waals surface area contributed by atoms with E-state index in [9.17, 15) is 4.79 Å². The molecule has 2 aromatic rings. The summed E-state index contributed by atoms with van der Waals surface area (Å²) in [5.74, 6) is 0. The van der Waals surface area contributed by atoms with Gasteiger partial charge in [0.1, 0.15) is 0 Å². The minimum absolute atomic E-state index is 0.0836. The van der Waals surface area contributed by atoms with Gasteiger partial charge in [0.2, 0.25) is 0 Å². The summed E-state index contributed by atoms with van der Waals surface area (Å²) in [4.78, 5) is 19.1. The lowest BCUT2D eigenvalue weighted by atomic mass is 10.1. The Morgan fingerprint density at radius 1 is 1.33 bits per heavy atom. The maximum atomic E-state index is 11.3. The van der Waals surface area contributed by atoms with Crippen molar-refractivity contribution in [3.8, 4) is 0 Å². The molecule has 0 saturated carbocycles. The van der Waals surface area contributed by atoms with E-state index in [2.05, 4.69) is 58.1 Å². The smallest absolute Gasteiger partial charge is 0.251 e. The topological polar surface area (TPSA) is 57.8 Å². The first-order valence-corrected chi connectivity index (χ1v) is 8.21. The van der Waals surface area contributed by atoms with E-state index >= 15 is 0 Å². The van der Waals surface area contributed by atoms with E-state index < -0.39 is 0 Å². The van der Waals surface area contributed by atoms with Crippen molar-refractivity contribution < 1.29 is 0 Å². The molecule has 0 atom stereocenters. The summed E-state index contributed by atoms with van der Waals surface area (Å²) in [6.07, 6.45) is 1.51. The minimum Gasteiger partial charge on any atom is -0.308 e. The van der Waals surface area contributed by atoms with Crippen LogP contribution in [0.15, 0.2) is 49.8 Å². The van der Waals surface area contributed by atoms with Gasteiger partial charge in [-0.2, -0.15) is 0 Å². The van der Waals surface area contributed by atoms with E-state index in [0.717, 1.165) is 15.9 Å². The Morgan fingerprint density at radius 3 is 2.71 bits per heavy atom. The summed E-state index contributed by atoms with van der Waals surface area (Å²) in [7, 11) is 0. The van der Waals surface area contributed by atoms with Crippen LogP contribution in [0.4, 0.5) is 0 Å². The van der Waals surface area contributed by atoms with Gasteiger partial charge in [-0.1, -0.05) is 33.8 Å². The van der Waals surface area contributed by atoms with Crippen LogP contribution in [-0.4, -0.2) is 15.5 Å². The first-order chi connectivity index (χ1) is 9.83. The molecule has 0 fully saturated rings. The quantitative estimate of drug-likeness (QED) is 0.810. The first-order valence-electron chi connectivity index (χ1n) is 6.60. The van der Waals surface area contributed by atoms with Crippen molar-refractivity contribution in [2.45, 2.75) is 42.9 Å². The third-order valence-corrected chi connectivity index (χ3v) is 4.32. The average molecular weight is 368 g/mol. The second kappa shape index (κ2) is 6.77. The molecule has 0 aliphatic rings. The fraction of sp³-hybridized carbons (Fsp3) is 0.333. The highest BCUT2D eigenvalue weighted by atomic mass is 79.9. The van der Waals surface area contributed by atoms with Crippen LogP contribution in [0, 0.1) is 0 Å². The number of halogens is 1. The van der Waals surface area contributed by atoms with Crippen LogP contribution in [0.5, 0.6) is 0 Å². The number of rotatable bonds is 4. The maximum Gasteiger partial charge on any atom is 0.251 e. The first kappa shape index (κ1) is 16.3. The molecule has 4 nitrogen and oxygen atoms in total. The van der Waals surface area contributed by atoms with Gasteiger partial charge in [-0.15, -0.1) is 0 Å². The molecule has 2 N–H and O–H groups in total. The predicted molar refractivity (Wildman–Crippen MR) is 89.7 cm³/mol. The van der Waals surface area contributed by atoms with Crippen molar-refractivity contribution in [1.29, 1.82) is 0 Å². The Balaban J connectivity index is 2.10. The van der Waals surface area contributed by atoms with Crippen LogP contribution in [0.1, 0.15) is 26.3 Å². The molecule has 0 aliphatic carbocycles. The molecule has 0 radical (unpaired) electrons. The zero-order chi connectivity index (χ0) is 15.5. The van der Waals surface area contributed by atoms with Crippen LogP contribution >= 0.6 is 27.7 Å². The van der Waals surface area contributed by atoms with E-state index in [4.69, 9.17) is 0 Å². The Morgan fingerprint density at radius 2 is 2.10 bits per heavy atom. The van der Waals surface area contributed by atoms with E-state index in [-0.39, 0.29) is 11.1 Å². The van der Waals surface area contributed by atoms with Crippen molar-refractivity contribution in [2.24, 2.45) is 0 Å². The lowest BCUT2D eigenvalue weighted by Gasteiger charge is -2.21. The standard InChI is InChI=1S/C15H18BrN3OS/c1-15(2,3)18-9-10-4-5-11(8-12(10)16)21-14-17-7-6-13(20)19-14/h4-8,18H,9H2,1-3H3,(H,17,19,20). The molecule has 21 heavy (non-hydrogen) atoms. The third-order valence-electron chi connectivity index (χ3n) is 2.70. The Hall–Kier alpha value is -1.11. The van der Waals surface area contributed by atoms with E-state index in [0.29, 0.717) is 5.16 Å². The maximum absolute atomic E-state index is 11.3. The van der Waals surface area contributed by atoms with Gasteiger partial charge < -0.3 is 10.3 Å². The number of hydrogen-bond acceptors (Lipinski definition) is 4. The number of aromatic amines is 1. The van der Waals surface area contributed by atoms with Gasteiger partial charge in [-0.3, -0.25) is 4.79 Å². The molecule has 2 rings (SSSR count). The second-order valence-corrected chi connectivity index (χ2v) is 7.61. The number of hydrogen-bond donors (Lipinski definition) is 2. The van der Waals surface area contributed by atoms with Crippen LogP contribution in [0.3, 0.4) is 0 Å². The third kappa shape index (κ3) is 5.30. The van der Waals surface area contributed by atoms with Crippen LogP contribution < -0.4 is 10.9 Å². The Labute approximate surface area is 136 Å². The van der Waals surface area contributed by atoms with Gasteiger partial charge in [0.15, 0.2) is 5.16 Å². The Kier molecular flexibility index (Phi) is 5.24. The second-order valence-electron chi connectivity index (χ2n) is 5.70. The largest absolute Gasteiger partial charge is 0.308 e. The molecular formula is C15H18BrN3OS. The zero-order valence-corrected chi connectivity index (χ0v) is 14.6. The van der Waals surface area contributed by atoms with Gasteiger partial charge in [0, 0.05) is 33.7 Å². The lowest BCUT2D eigenvalue weighted by Crippen LogP contribution is -2.35. The normalized spacial score (nSPS) is 11.6. The van der Waals surface area contributed by atoms with Crippen molar-refractivity contribution in [1.82, 2.24) is 15.3 Å². The molecule has 6 heteroatoms. The van der Waals surface area contributed by atoms with Gasteiger partial charge >= 0.3 is 0 Å². The molecule has 112 valence electrons. The Bertz CT molecular complexity index is 679. The number of aromatic nitrogens is 2. The molecule has 0 spiro atoms. The molecule has 0 saturated heterocycles. The predicted octanol–water partition coefficient (Wildman–Crippen LogP) is 3.57. The summed E-state index contributed by atoms with van der Waals surface area (Å²) in [5.41, 5.74) is 1.14. The number of H-pyrrole nitrogens is 1. The van der Waals surface area contributed by atoms with Gasteiger partial charge in [0.05, 0.1) is 0 Å². The summed E-state index contributed by atoms with van der Waals surface area (Å²) < 4.78 is 1.04. The summed E-state index contributed by atoms with van der Waals surface area (Å²) in [6, 6.07) is 7.55. The molecule has 0 unspecified atom stereocenters. The van der Waals surface area contributed by atoms with Crippen molar-refractivity contribution in [3.63, 3.8) is 0 Å². The summed E-state index contributed by atoms with van der Waals surface area (Å²) >= 11 is 5.03. The lowest BCUT2D eigenvalue weighted by molar-refractivity contribution is 0.424. The highest BCUT2D eigenvalue weighted by Gasteiger charge is 2.10. The summed E-state index contributed by atoms with van der Waals surface area (Å²) in [5, 5.41) is 4.05. The van der Waals surface area contributed by atoms with Crippen molar-refractivity contribution in [2.75, 3.05) is 0 Å². The molecule has 0 aliphatic heterocycles. The fourth-order valence-corrected chi connectivity index (χ4v) is 3.08. The number of nitrogens with one attached hydrogen (secondary N) is 2. The molecular weight excluding hydrogens is 350 g/mol. The SMILES string of the molecule is CC(C)(C)NCc1ccc(Sc2nccc(=O)[nH]2)cc1Br. The van der Waals surface area contributed by atoms with Gasteiger partial charge in [-0.05, 0) is 38.5 Å². The van der Waals surface area contributed by atoms with Crippen LogP contribution in [0.2, 0.25) is 0 Å². The van der Waals surface area contributed by atoms with Crippen molar-refractivity contribution >= 4 is 27.7 Å². The van der Waals surface area contributed by atoms with Gasteiger partial charge in [-0.25, -0.2) is 4.98 Å². The van der Waals surface area contributed by atoms with Crippen molar-refractivity contribution in [3.05, 3.63) is 50.9 Å². The van der Waals surface area contributed by atoms with Crippen LogP contribution in [0.25, 0.3) is 0 Å². The van der Waals surface area contributed by atoms with E-state index in [1.54, 1.807) is 0 Å². The minimum atomic E-state index is -0.141. The monoisotopic (exact) mass is 367 g/mol. The molecule has 0 amide bonds. The molecule has 1 aromatic heterocycles. The van der Waals surface area contributed by atoms with E-state index in [1.807, 2.05) is 12.1 Å². The fourth-order valence-electron chi connectivity index (χ4n) is 1.61. The zero-order valence-electron chi connectivity index (χ0n) is 12.2. The molecule has 1 heterocycles. The van der Waals surface area contributed by atoms with Crippen LogP contribution in [-0.2, 0) is 6.54 Å².